The summed E-state index contributed by atoms with van der Waals surface area (Å²) in [5, 5.41) is 2.06. The summed E-state index contributed by atoms with van der Waals surface area (Å²) in [4.78, 5) is 29.0. The number of alkyl halides is 3. The molecule has 20 heavy (non-hydrogen) atoms. The number of para-hydroxylation sites is 1. The Labute approximate surface area is 110 Å². The van der Waals surface area contributed by atoms with Crippen molar-refractivity contribution in [1.82, 2.24) is 15.3 Å². The van der Waals surface area contributed by atoms with Gasteiger partial charge < -0.3 is 10.3 Å². The Hall–Kier alpha value is -2.38. The van der Waals surface area contributed by atoms with Crippen molar-refractivity contribution < 1.29 is 18.0 Å². The molecule has 0 saturated heterocycles. The summed E-state index contributed by atoms with van der Waals surface area (Å²) in [7, 11) is 0. The van der Waals surface area contributed by atoms with Crippen molar-refractivity contribution in [2.45, 2.75) is 19.1 Å². The predicted octanol–water partition coefficient (Wildman–Crippen LogP) is 1.66. The summed E-state index contributed by atoms with van der Waals surface area (Å²) in [5.41, 5.74) is -0.127. The first-order chi connectivity index (χ1) is 9.29. The van der Waals surface area contributed by atoms with Crippen LogP contribution < -0.4 is 10.9 Å². The number of fused-ring (bicyclic) bond motifs is 1. The van der Waals surface area contributed by atoms with E-state index in [0.29, 0.717) is 10.9 Å². The van der Waals surface area contributed by atoms with Gasteiger partial charge in [0.2, 0.25) is 0 Å². The summed E-state index contributed by atoms with van der Waals surface area (Å²) < 4.78 is 36.5. The molecule has 2 rings (SSSR count). The third-order valence-electron chi connectivity index (χ3n) is 2.65. The number of carbonyl (C=O) groups is 1. The van der Waals surface area contributed by atoms with Crippen LogP contribution in [0.1, 0.15) is 18.8 Å². The molecule has 1 heterocycles. The second-order valence-corrected chi connectivity index (χ2v) is 4.16. The number of amides is 1. The van der Waals surface area contributed by atoms with Crippen LogP contribution in [0.4, 0.5) is 13.2 Å². The summed E-state index contributed by atoms with van der Waals surface area (Å²) in [6, 6.07) is 5.34. The zero-order valence-corrected chi connectivity index (χ0v) is 10.3. The van der Waals surface area contributed by atoms with Gasteiger partial charge in [0.1, 0.15) is 5.82 Å². The first-order valence-corrected chi connectivity index (χ1v) is 5.65. The van der Waals surface area contributed by atoms with E-state index in [1.54, 1.807) is 29.6 Å². The molecule has 0 fully saturated rings. The topological polar surface area (TPSA) is 74.8 Å². The first-order valence-electron chi connectivity index (χ1n) is 5.65. The highest BCUT2D eigenvalue weighted by molar-refractivity contribution is 5.82. The molecule has 1 amide bonds. The van der Waals surface area contributed by atoms with Crippen LogP contribution in [0.25, 0.3) is 10.9 Å². The summed E-state index contributed by atoms with van der Waals surface area (Å²) >= 11 is 0. The molecule has 0 bridgehead atoms. The molecule has 8 heteroatoms. The maximum absolute atomic E-state index is 12.2. The van der Waals surface area contributed by atoms with Crippen LogP contribution in [0.15, 0.2) is 29.1 Å². The van der Waals surface area contributed by atoms with Gasteiger partial charge >= 0.3 is 12.1 Å². The molecule has 0 spiro atoms. The monoisotopic (exact) mass is 285 g/mol. The molecule has 106 valence electrons. The van der Waals surface area contributed by atoms with Crippen LogP contribution in [0.2, 0.25) is 0 Å². The minimum atomic E-state index is -4.98. The maximum atomic E-state index is 12.2. The third-order valence-corrected chi connectivity index (χ3v) is 2.65. The van der Waals surface area contributed by atoms with Crippen LogP contribution in [0.5, 0.6) is 0 Å². The molecular formula is C12H10F3N3O2. The summed E-state index contributed by atoms with van der Waals surface area (Å²) in [5.74, 6) is -2.12. The van der Waals surface area contributed by atoms with Gasteiger partial charge in [-0.1, -0.05) is 12.1 Å². The minimum absolute atomic E-state index is 0.0358. The highest BCUT2D eigenvalue weighted by Crippen LogP contribution is 2.17. The smallest absolute Gasteiger partial charge is 0.339 e. The SMILES string of the molecule is CC(NC(=O)C(F)(F)F)c1nc2ccccc2c(=O)[nH]1. The zero-order chi connectivity index (χ0) is 14.9. The quantitative estimate of drug-likeness (QED) is 0.881. The van der Waals surface area contributed by atoms with Gasteiger partial charge in [-0.2, -0.15) is 13.2 Å². The van der Waals surface area contributed by atoms with E-state index in [9.17, 15) is 22.8 Å². The van der Waals surface area contributed by atoms with E-state index >= 15 is 0 Å². The predicted molar refractivity (Wildman–Crippen MR) is 65.0 cm³/mol. The molecule has 0 aliphatic heterocycles. The van der Waals surface area contributed by atoms with Crippen molar-refractivity contribution in [3.05, 3.63) is 40.4 Å². The normalized spacial score (nSPS) is 13.2. The fourth-order valence-electron chi connectivity index (χ4n) is 1.66. The molecule has 0 aliphatic rings. The average Bonchev–Trinajstić information content (AvgIpc) is 2.37. The third kappa shape index (κ3) is 2.79. The second-order valence-electron chi connectivity index (χ2n) is 4.16. The van der Waals surface area contributed by atoms with Gasteiger partial charge in [0.15, 0.2) is 0 Å². The van der Waals surface area contributed by atoms with Gasteiger partial charge in [-0.25, -0.2) is 4.98 Å². The van der Waals surface area contributed by atoms with Crippen LogP contribution >= 0.6 is 0 Å². The molecule has 2 aromatic rings. The van der Waals surface area contributed by atoms with Crippen LogP contribution in [0.3, 0.4) is 0 Å². The molecule has 2 N–H and O–H groups in total. The largest absolute Gasteiger partial charge is 0.471 e. The highest BCUT2D eigenvalue weighted by atomic mass is 19.4. The molecule has 0 radical (unpaired) electrons. The fraction of sp³-hybridized carbons (Fsp3) is 0.250. The van der Waals surface area contributed by atoms with Crippen molar-refractivity contribution in [1.29, 1.82) is 0 Å². The maximum Gasteiger partial charge on any atom is 0.471 e. The number of nitrogens with one attached hydrogen (secondary N) is 2. The van der Waals surface area contributed by atoms with Crippen LogP contribution in [0, 0.1) is 0 Å². The van der Waals surface area contributed by atoms with E-state index in [4.69, 9.17) is 0 Å². The Morgan fingerprint density at radius 1 is 1.35 bits per heavy atom. The summed E-state index contributed by atoms with van der Waals surface area (Å²) in [6.07, 6.45) is -4.98. The number of carbonyl (C=O) groups excluding carboxylic acids is 1. The molecular weight excluding hydrogens is 275 g/mol. The van der Waals surface area contributed by atoms with Gasteiger partial charge in [-0.15, -0.1) is 0 Å². The number of nitrogens with zero attached hydrogens (tertiary/aromatic N) is 1. The minimum Gasteiger partial charge on any atom is -0.339 e. The number of aromatic nitrogens is 2. The molecule has 1 aromatic carbocycles. The van der Waals surface area contributed by atoms with E-state index < -0.39 is 23.7 Å². The van der Waals surface area contributed by atoms with Gasteiger partial charge in [-0.05, 0) is 19.1 Å². The fourth-order valence-corrected chi connectivity index (χ4v) is 1.66. The number of H-pyrrole nitrogens is 1. The average molecular weight is 285 g/mol. The molecule has 1 atom stereocenters. The first kappa shape index (κ1) is 14.0. The summed E-state index contributed by atoms with van der Waals surface area (Å²) in [6.45, 7) is 1.30. The lowest BCUT2D eigenvalue weighted by Gasteiger charge is -2.14. The molecule has 0 saturated carbocycles. The van der Waals surface area contributed by atoms with E-state index in [2.05, 4.69) is 9.97 Å². The number of halogens is 3. The van der Waals surface area contributed by atoms with Crippen LogP contribution in [-0.2, 0) is 4.79 Å². The van der Waals surface area contributed by atoms with Gasteiger partial charge in [-0.3, -0.25) is 9.59 Å². The molecule has 1 unspecified atom stereocenters. The molecule has 1 aromatic heterocycles. The van der Waals surface area contributed by atoms with Crippen molar-refractivity contribution in [2.24, 2.45) is 0 Å². The second kappa shape index (κ2) is 4.95. The lowest BCUT2D eigenvalue weighted by atomic mass is 10.2. The van der Waals surface area contributed by atoms with E-state index in [-0.39, 0.29) is 5.82 Å². The highest BCUT2D eigenvalue weighted by Gasteiger charge is 2.39. The van der Waals surface area contributed by atoms with E-state index in [1.807, 2.05) is 0 Å². The van der Waals surface area contributed by atoms with E-state index in [1.165, 1.54) is 6.92 Å². The zero-order valence-electron chi connectivity index (χ0n) is 10.3. The standard InChI is InChI=1S/C12H10F3N3O2/c1-6(16-11(20)12(13,14)15)9-17-8-5-3-2-4-7(8)10(19)18-9/h2-6H,1H3,(H,16,20)(H,17,18,19). The number of hydrogen-bond acceptors (Lipinski definition) is 3. The van der Waals surface area contributed by atoms with Crippen molar-refractivity contribution in [3.63, 3.8) is 0 Å². The Balaban J connectivity index is 2.34. The Bertz CT molecular complexity index is 709. The lowest BCUT2D eigenvalue weighted by molar-refractivity contribution is -0.174. The van der Waals surface area contributed by atoms with Crippen molar-refractivity contribution in [2.75, 3.05) is 0 Å². The van der Waals surface area contributed by atoms with Gasteiger partial charge in [0.05, 0.1) is 16.9 Å². The number of rotatable bonds is 2. The number of aromatic amines is 1. The van der Waals surface area contributed by atoms with Crippen LogP contribution in [-0.4, -0.2) is 22.1 Å². The molecule has 0 aliphatic carbocycles. The Morgan fingerprint density at radius 2 is 2.00 bits per heavy atom. The van der Waals surface area contributed by atoms with Crippen molar-refractivity contribution >= 4 is 16.8 Å². The Kier molecular flexibility index (Phi) is 3.47. The Morgan fingerprint density at radius 3 is 2.65 bits per heavy atom. The number of benzene rings is 1. The van der Waals surface area contributed by atoms with Crippen molar-refractivity contribution in [3.8, 4) is 0 Å². The lowest BCUT2D eigenvalue weighted by Crippen LogP contribution is -2.39. The van der Waals surface area contributed by atoms with Gasteiger partial charge in [0, 0.05) is 0 Å². The van der Waals surface area contributed by atoms with Gasteiger partial charge in [0.25, 0.3) is 5.56 Å². The molecule has 5 nitrogen and oxygen atoms in total. The van der Waals surface area contributed by atoms with E-state index in [0.717, 1.165) is 0 Å². The number of hydrogen-bond donors (Lipinski definition) is 2.